The molecule has 0 spiro atoms. The van der Waals surface area contributed by atoms with Crippen LogP contribution in [0.25, 0.3) is 11.1 Å². The predicted molar refractivity (Wildman–Crippen MR) is 141 cm³/mol. The molecule has 6 nitrogen and oxygen atoms in total. The van der Waals surface area contributed by atoms with Gasteiger partial charge in [-0.05, 0) is 77.0 Å². The molecule has 2 aromatic rings. The molecule has 0 aliphatic carbocycles. The smallest absolute Gasteiger partial charge is 0.337 e. The van der Waals surface area contributed by atoms with Crippen molar-refractivity contribution in [2.24, 2.45) is 5.41 Å². The lowest BCUT2D eigenvalue weighted by Gasteiger charge is -2.41. The number of nitrogens with zero attached hydrogens (tertiary/aromatic N) is 2. The highest BCUT2D eigenvalue weighted by atomic mass is 19.1. The summed E-state index contributed by atoms with van der Waals surface area (Å²) in [6.07, 6.45) is 1.49. The van der Waals surface area contributed by atoms with Gasteiger partial charge in [-0.1, -0.05) is 26.8 Å². The molecule has 1 aromatic carbocycles. The van der Waals surface area contributed by atoms with Crippen LogP contribution in [-0.2, 0) is 9.53 Å². The van der Waals surface area contributed by atoms with Gasteiger partial charge in [0, 0.05) is 35.6 Å². The molecular weight excluding hydrogens is 459 g/mol. The van der Waals surface area contributed by atoms with Crippen molar-refractivity contribution in [3.63, 3.8) is 0 Å². The van der Waals surface area contributed by atoms with Crippen LogP contribution in [0.5, 0.6) is 5.75 Å². The number of carbonyl (C=O) groups is 1. The fourth-order valence-corrected chi connectivity index (χ4v) is 4.74. The number of piperidine rings is 1. The highest BCUT2D eigenvalue weighted by Crippen LogP contribution is 2.45. The number of aryl methyl sites for hydroxylation is 2. The first-order chi connectivity index (χ1) is 16.7. The van der Waals surface area contributed by atoms with E-state index in [2.05, 4.69) is 18.7 Å². The molecule has 1 aromatic heterocycles. The number of aromatic nitrogens is 1. The van der Waals surface area contributed by atoms with Gasteiger partial charge < -0.3 is 19.5 Å². The van der Waals surface area contributed by atoms with E-state index in [9.17, 15) is 9.90 Å². The topological polar surface area (TPSA) is 71.9 Å². The molecule has 1 aliphatic heterocycles. The molecule has 0 amide bonds. The SMILES string of the molecule is CCCOc1ccc(-c2c(C)nc(C)c([C@H](OC(C)(C)C)C(=O)O)c2N2CCC(C)(C)CC2)cc1F. The van der Waals surface area contributed by atoms with Gasteiger partial charge in [0.25, 0.3) is 0 Å². The van der Waals surface area contributed by atoms with E-state index in [4.69, 9.17) is 14.5 Å². The Hall–Kier alpha value is -2.67. The van der Waals surface area contributed by atoms with E-state index < -0.39 is 23.5 Å². The molecule has 0 bridgehead atoms. The second-order valence-corrected chi connectivity index (χ2v) is 11.5. The summed E-state index contributed by atoms with van der Waals surface area (Å²) in [6.45, 7) is 17.7. The maximum absolute atomic E-state index is 15.1. The molecule has 36 heavy (non-hydrogen) atoms. The first-order valence-corrected chi connectivity index (χ1v) is 12.8. The minimum absolute atomic E-state index is 0.201. The van der Waals surface area contributed by atoms with Gasteiger partial charge in [0.2, 0.25) is 0 Å². The van der Waals surface area contributed by atoms with Crippen LogP contribution in [0.1, 0.15) is 83.9 Å². The number of aliphatic carboxylic acids is 1. The maximum atomic E-state index is 15.1. The van der Waals surface area contributed by atoms with E-state index in [1.807, 2.05) is 47.6 Å². The van der Waals surface area contributed by atoms with Gasteiger partial charge in [-0.25, -0.2) is 9.18 Å². The second-order valence-electron chi connectivity index (χ2n) is 11.5. The molecule has 3 rings (SSSR count). The molecule has 198 valence electrons. The summed E-state index contributed by atoms with van der Waals surface area (Å²) in [5.74, 6) is -1.31. The van der Waals surface area contributed by atoms with Crippen molar-refractivity contribution in [2.45, 2.75) is 86.4 Å². The van der Waals surface area contributed by atoms with E-state index in [1.54, 1.807) is 6.07 Å². The van der Waals surface area contributed by atoms with E-state index in [1.165, 1.54) is 6.07 Å². The van der Waals surface area contributed by atoms with E-state index in [0.717, 1.165) is 49.3 Å². The molecule has 0 saturated carbocycles. The summed E-state index contributed by atoms with van der Waals surface area (Å²) in [5, 5.41) is 10.3. The molecule has 1 fully saturated rings. The summed E-state index contributed by atoms with van der Waals surface area (Å²) in [4.78, 5) is 19.5. The van der Waals surface area contributed by atoms with Gasteiger partial charge in [0.15, 0.2) is 17.7 Å². The molecule has 7 heteroatoms. The van der Waals surface area contributed by atoms with Crippen molar-refractivity contribution >= 4 is 11.7 Å². The van der Waals surface area contributed by atoms with Crippen LogP contribution in [0.2, 0.25) is 0 Å². The lowest BCUT2D eigenvalue weighted by molar-refractivity contribution is -0.160. The largest absolute Gasteiger partial charge is 0.491 e. The van der Waals surface area contributed by atoms with E-state index >= 15 is 4.39 Å². The Bertz CT molecular complexity index is 1100. The average molecular weight is 501 g/mol. The quantitative estimate of drug-likeness (QED) is 0.427. The molecule has 1 atom stereocenters. The lowest BCUT2D eigenvalue weighted by atomic mass is 9.82. The second kappa shape index (κ2) is 10.8. The fourth-order valence-electron chi connectivity index (χ4n) is 4.74. The van der Waals surface area contributed by atoms with Gasteiger partial charge in [-0.15, -0.1) is 0 Å². The van der Waals surface area contributed by atoms with Crippen molar-refractivity contribution in [1.82, 2.24) is 4.98 Å². The third-order valence-electron chi connectivity index (χ3n) is 6.65. The Morgan fingerprint density at radius 2 is 1.83 bits per heavy atom. The Balaban J connectivity index is 2.27. The minimum Gasteiger partial charge on any atom is -0.491 e. The highest BCUT2D eigenvalue weighted by molar-refractivity contribution is 5.88. The molecule has 1 N–H and O–H groups in total. The maximum Gasteiger partial charge on any atom is 0.337 e. The summed E-state index contributed by atoms with van der Waals surface area (Å²) in [5.41, 5.74) is 3.52. The number of carboxylic acid groups (broad SMARTS) is 1. The number of benzene rings is 1. The summed E-state index contributed by atoms with van der Waals surface area (Å²) >= 11 is 0. The number of carboxylic acids is 1. The van der Waals surface area contributed by atoms with Gasteiger partial charge in [-0.2, -0.15) is 0 Å². The zero-order valence-corrected chi connectivity index (χ0v) is 23.0. The molecule has 0 radical (unpaired) electrons. The van der Waals surface area contributed by atoms with Crippen LogP contribution < -0.4 is 9.64 Å². The molecule has 0 unspecified atom stereocenters. The van der Waals surface area contributed by atoms with Crippen LogP contribution in [0, 0.1) is 25.1 Å². The number of hydrogen-bond donors (Lipinski definition) is 1. The van der Waals surface area contributed by atoms with Crippen LogP contribution in [0.3, 0.4) is 0 Å². The summed E-state index contributed by atoms with van der Waals surface area (Å²) in [6, 6.07) is 4.93. The lowest BCUT2D eigenvalue weighted by Crippen LogP contribution is -2.39. The standard InChI is InChI=1S/C29H41FN2O4/c1-9-16-35-22-11-10-20(17-21(22)30)23-18(2)31-19(3)24(26(27(33)34)36-28(4,5)6)25(23)32-14-12-29(7,8)13-15-32/h10-11,17,26H,9,12-16H2,1-8H3,(H,33,34)/t26-/m0/s1. The van der Waals surface area contributed by atoms with Gasteiger partial charge in [0.05, 0.1) is 17.9 Å². The van der Waals surface area contributed by atoms with Crippen LogP contribution in [0.15, 0.2) is 18.2 Å². The summed E-state index contributed by atoms with van der Waals surface area (Å²) < 4.78 is 26.7. The Morgan fingerprint density at radius 1 is 1.19 bits per heavy atom. The Labute approximate surface area is 214 Å². The number of hydrogen-bond acceptors (Lipinski definition) is 5. The zero-order valence-electron chi connectivity index (χ0n) is 23.0. The fraction of sp³-hybridized carbons (Fsp3) is 0.586. The van der Waals surface area contributed by atoms with Crippen molar-refractivity contribution < 1.29 is 23.8 Å². The van der Waals surface area contributed by atoms with Crippen molar-refractivity contribution in [3.8, 4) is 16.9 Å². The number of anilines is 1. The van der Waals surface area contributed by atoms with Gasteiger partial charge in [0.1, 0.15) is 0 Å². The average Bonchev–Trinajstić information content (AvgIpc) is 2.76. The highest BCUT2D eigenvalue weighted by Gasteiger charge is 2.36. The third kappa shape index (κ3) is 6.36. The number of pyridine rings is 1. The van der Waals surface area contributed by atoms with Crippen molar-refractivity contribution in [3.05, 3.63) is 41.0 Å². The summed E-state index contributed by atoms with van der Waals surface area (Å²) in [7, 11) is 0. The first kappa shape index (κ1) is 27.9. The first-order valence-electron chi connectivity index (χ1n) is 12.8. The predicted octanol–water partition coefficient (Wildman–Crippen LogP) is 6.86. The Kier molecular flexibility index (Phi) is 8.33. The third-order valence-corrected chi connectivity index (χ3v) is 6.65. The molecule has 1 aliphatic rings. The van der Waals surface area contributed by atoms with Gasteiger partial charge >= 0.3 is 5.97 Å². The van der Waals surface area contributed by atoms with E-state index in [0.29, 0.717) is 23.4 Å². The molecular formula is C29H41FN2O4. The van der Waals surface area contributed by atoms with Crippen molar-refractivity contribution in [1.29, 1.82) is 0 Å². The zero-order chi connectivity index (χ0) is 26.8. The normalized spacial score (nSPS) is 16.6. The van der Waals surface area contributed by atoms with E-state index in [-0.39, 0.29) is 11.2 Å². The minimum atomic E-state index is -1.21. The Morgan fingerprint density at radius 3 is 2.36 bits per heavy atom. The number of rotatable bonds is 8. The molecule has 1 saturated heterocycles. The van der Waals surface area contributed by atoms with Gasteiger partial charge in [-0.3, -0.25) is 4.98 Å². The monoisotopic (exact) mass is 500 g/mol. The number of halogens is 1. The van der Waals surface area contributed by atoms with Crippen LogP contribution >= 0.6 is 0 Å². The molecule has 2 heterocycles. The van der Waals surface area contributed by atoms with Crippen LogP contribution in [0.4, 0.5) is 10.1 Å². The van der Waals surface area contributed by atoms with Crippen LogP contribution in [-0.4, -0.2) is 41.4 Å². The number of ether oxygens (including phenoxy) is 2. The van der Waals surface area contributed by atoms with Crippen molar-refractivity contribution in [2.75, 3.05) is 24.6 Å².